The number of amides is 2. The Hall–Kier alpha value is -2.95. The Balaban J connectivity index is 1.44. The first kappa shape index (κ1) is 22.3. The normalized spacial score (nSPS) is 10.8. The number of thiophene rings is 1. The van der Waals surface area contributed by atoms with Crippen LogP contribution in [0.2, 0.25) is 0 Å². The minimum atomic E-state index is -0.251. The van der Waals surface area contributed by atoms with Crippen molar-refractivity contribution in [1.82, 2.24) is 15.3 Å². The molecule has 0 aliphatic heterocycles. The van der Waals surface area contributed by atoms with Crippen molar-refractivity contribution in [3.63, 3.8) is 0 Å². The molecule has 0 bridgehead atoms. The first-order valence-corrected chi connectivity index (χ1v) is 12.6. The van der Waals surface area contributed by atoms with E-state index in [1.54, 1.807) is 12.3 Å². The maximum Gasteiger partial charge on any atom is 0.271 e. The highest BCUT2D eigenvalue weighted by atomic mass is 32.2. The number of anilines is 1. The second-order valence-corrected chi connectivity index (χ2v) is 10.1. The molecule has 0 aliphatic rings. The minimum Gasteiger partial charge on any atom is -0.441 e. The molecule has 0 saturated heterocycles. The van der Waals surface area contributed by atoms with E-state index in [2.05, 4.69) is 20.6 Å². The number of hydrogen-bond acceptors (Lipinski definition) is 8. The van der Waals surface area contributed by atoms with Gasteiger partial charge >= 0.3 is 0 Å². The molecule has 4 rings (SSSR count). The standard InChI is InChI=1S/C22H20N4O3S3/c1-12-7-8-18(32-12)20(28)24-15-6-4-5-14(9-15)21-25-16(13(2)29-21)10-23-19(27)17-11-31-22(26-17)30-3/h4-9,11H,10H2,1-3H3,(H,23,27)(H,24,28). The van der Waals surface area contributed by atoms with E-state index < -0.39 is 0 Å². The van der Waals surface area contributed by atoms with Crippen LogP contribution >= 0.6 is 34.4 Å². The largest absolute Gasteiger partial charge is 0.441 e. The Morgan fingerprint density at radius 2 is 1.97 bits per heavy atom. The monoisotopic (exact) mass is 484 g/mol. The fraction of sp³-hybridized carbons (Fsp3) is 0.182. The molecule has 164 valence electrons. The maximum absolute atomic E-state index is 12.4. The third-order valence-corrected chi connectivity index (χ3v) is 7.39. The average molecular weight is 485 g/mol. The Morgan fingerprint density at radius 3 is 2.69 bits per heavy atom. The van der Waals surface area contributed by atoms with E-state index in [9.17, 15) is 9.59 Å². The van der Waals surface area contributed by atoms with Gasteiger partial charge in [-0.05, 0) is 50.4 Å². The van der Waals surface area contributed by atoms with Crippen LogP contribution in [0.4, 0.5) is 5.69 Å². The van der Waals surface area contributed by atoms with Crippen LogP contribution in [0.1, 0.15) is 36.5 Å². The van der Waals surface area contributed by atoms with Crippen LogP contribution in [0.3, 0.4) is 0 Å². The van der Waals surface area contributed by atoms with E-state index in [4.69, 9.17) is 4.42 Å². The van der Waals surface area contributed by atoms with Crippen molar-refractivity contribution >= 4 is 51.9 Å². The number of rotatable bonds is 7. The smallest absolute Gasteiger partial charge is 0.271 e. The molecule has 4 aromatic rings. The van der Waals surface area contributed by atoms with Crippen LogP contribution < -0.4 is 10.6 Å². The highest BCUT2D eigenvalue weighted by Crippen LogP contribution is 2.25. The van der Waals surface area contributed by atoms with Gasteiger partial charge in [-0.25, -0.2) is 9.97 Å². The summed E-state index contributed by atoms with van der Waals surface area (Å²) in [5, 5.41) is 7.47. The van der Waals surface area contributed by atoms with Crippen molar-refractivity contribution in [1.29, 1.82) is 0 Å². The Morgan fingerprint density at radius 1 is 1.12 bits per heavy atom. The summed E-state index contributed by atoms with van der Waals surface area (Å²) in [6, 6.07) is 11.0. The number of oxazole rings is 1. The second kappa shape index (κ2) is 9.68. The van der Waals surface area contributed by atoms with E-state index in [1.807, 2.05) is 49.6 Å². The number of thioether (sulfide) groups is 1. The van der Waals surface area contributed by atoms with Crippen molar-refractivity contribution in [2.45, 2.75) is 24.7 Å². The third-order valence-electron chi connectivity index (χ3n) is 4.53. The number of carbonyl (C=O) groups is 2. The molecule has 2 amide bonds. The number of hydrogen-bond donors (Lipinski definition) is 2. The van der Waals surface area contributed by atoms with Gasteiger partial charge in [-0.1, -0.05) is 17.8 Å². The molecule has 7 nitrogen and oxygen atoms in total. The summed E-state index contributed by atoms with van der Waals surface area (Å²) in [4.78, 5) is 35.3. The van der Waals surface area contributed by atoms with Crippen molar-refractivity contribution in [2.75, 3.05) is 11.6 Å². The summed E-state index contributed by atoms with van der Waals surface area (Å²) in [5.41, 5.74) is 2.41. The molecule has 0 saturated carbocycles. The summed E-state index contributed by atoms with van der Waals surface area (Å²) in [5.74, 6) is 0.637. The zero-order valence-electron chi connectivity index (χ0n) is 17.6. The maximum atomic E-state index is 12.4. The van der Waals surface area contributed by atoms with Crippen LogP contribution in [0, 0.1) is 13.8 Å². The predicted molar refractivity (Wildman–Crippen MR) is 129 cm³/mol. The predicted octanol–water partition coefficient (Wildman–Crippen LogP) is 5.38. The van der Waals surface area contributed by atoms with E-state index in [0.29, 0.717) is 33.6 Å². The van der Waals surface area contributed by atoms with E-state index in [0.717, 1.165) is 14.8 Å². The van der Waals surface area contributed by atoms with Crippen LogP contribution in [-0.4, -0.2) is 28.0 Å². The second-order valence-electron chi connectivity index (χ2n) is 6.85. The van der Waals surface area contributed by atoms with Crippen LogP contribution in [0.5, 0.6) is 0 Å². The van der Waals surface area contributed by atoms with Gasteiger partial charge in [-0.2, -0.15) is 0 Å². The first-order valence-electron chi connectivity index (χ1n) is 9.65. The van der Waals surface area contributed by atoms with Crippen molar-refractivity contribution in [3.8, 4) is 11.5 Å². The molecule has 32 heavy (non-hydrogen) atoms. The fourth-order valence-electron chi connectivity index (χ4n) is 2.90. The van der Waals surface area contributed by atoms with Gasteiger partial charge in [0.05, 0.1) is 11.4 Å². The van der Waals surface area contributed by atoms with Crippen molar-refractivity contribution in [3.05, 3.63) is 68.7 Å². The molecule has 0 radical (unpaired) electrons. The van der Waals surface area contributed by atoms with E-state index >= 15 is 0 Å². The number of aromatic nitrogens is 2. The number of aryl methyl sites for hydroxylation is 2. The average Bonchev–Trinajstić information content (AvgIpc) is 3.52. The molecule has 1 aromatic carbocycles. The molecular weight excluding hydrogens is 464 g/mol. The SMILES string of the molecule is CSc1nc(C(=O)NCc2nc(-c3cccc(NC(=O)c4ccc(C)s4)c3)oc2C)cs1. The summed E-state index contributed by atoms with van der Waals surface area (Å²) >= 11 is 4.39. The van der Waals surface area contributed by atoms with Gasteiger partial charge in [0.2, 0.25) is 5.89 Å². The molecule has 0 atom stereocenters. The lowest BCUT2D eigenvalue weighted by molar-refractivity contribution is 0.0945. The van der Waals surface area contributed by atoms with E-state index in [1.165, 1.54) is 34.4 Å². The number of benzene rings is 1. The van der Waals surface area contributed by atoms with Crippen LogP contribution in [0.25, 0.3) is 11.5 Å². The Kier molecular flexibility index (Phi) is 6.73. The Bertz CT molecular complexity index is 1270. The highest BCUT2D eigenvalue weighted by molar-refractivity contribution is 8.00. The fourth-order valence-corrected chi connectivity index (χ4v) is 4.91. The number of nitrogens with zero attached hydrogens (tertiary/aromatic N) is 2. The number of carbonyl (C=O) groups excluding carboxylic acids is 2. The highest BCUT2D eigenvalue weighted by Gasteiger charge is 2.16. The topological polar surface area (TPSA) is 97.1 Å². The van der Waals surface area contributed by atoms with Gasteiger partial charge < -0.3 is 15.1 Å². The van der Waals surface area contributed by atoms with Gasteiger partial charge in [0.25, 0.3) is 11.8 Å². The van der Waals surface area contributed by atoms with Gasteiger partial charge in [0.15, 0.2) is 0 Å². The molecule has 0 spiro atoms. The summed E-state index contributed by atoms with van der Waals surface area (Å²) < 4.78 is 6.66. The van der Waals surface area contributed by atoms with E-state index in [-0.39, 0.29) is 18.4 Å². The molecule has 0 unspecified atom stereocenters. The number of nitrogens with one attached hydrogen (secondary N) is 2. The molecule has 3 heterocycles. The lowest BCUT2D eigenvalue weighted by Crippen LogP contribution is -2.23. The van der Waals surface area contributed by atoms with Crippen molar-refractivity contribution < 1.29 is 14.0 Å². The summed E-state index contributed by atoms with van der Waals surface area (Å²) in [6.07, 6.45) is 1.92. The quantitative estimate of drug-likeness (QED) is 0.342. The molecule has 2 N–H and O–H groups in total. The molecule has 0 aliphatic carbocycles. The van der Waals surface area contributed by atoms with Gasteiger partial charge in [0.1, 0.15) is 21.5 Å². The van der Waals surface area contributed by atoms with Crippen LogP contribution in [-0.2, 0) is 6.54 Å². The van der Waals surface area contributed by atoms with Gasteiger partial charge in [0, 0.05) is 21.5 Å². The molecule has 10 heteroatoms. The first-order chi connectivity index (χ1) is 15.4. The van der Waals surface area contributed by atoms with Gasteiger partial charge in [-0.15, -0.1) is 22.7 Å². The summed E-state index contributed by atoms with van der Waals surface area (Å²) in [7, 11) is 0. The lowest BCUT2D eigenvalue weighted by atomic mass is 10.2. The minimum absolute atomic E-state index is 0.154. The zero-order chi connectivity index (χ0) is 22.7. The Labute approximate surface area is 197 Å². The molecule has 3 aromatic heterocycles. The lowest BCUT2D eigenvalue weighted by Gasteiger charge is -2.05. The molecule has 0 fully saturated rings. The van der Waals surface area contributed by atoms with Gasteiger partial charge in [-0.3, -0.25) is 9.59 Å². The zero-order valence-corrected chi connectivity index (χ0v) is 20.0. The number of thiazole rings is 1. The van der Waals surface area contributed by atoms with Crippen LogP contribution in [0.15, 0.2) is 50.5 Å². The summed E-state index contributed by atoms with van der Waals surface area (Å²) in [6.45, 7) is 4.00. The van der Waals surface area contributed by atoms with Crippen molar-refractivity contribution in [2.24, 2.45) is 0 Å². The molecular formula is C22H20N4O3S3. The third kappa shape index (κ3) is 5.09.